The molecule has 1 saturated heterocycles. The number of nitrogens with zero attached hydrogens (tertiary/aromatic N) is 1. The zero-order valence-electron chi connectivity index (χ0n) is 14.5. The molecule has 2 fully saturated rings. The van der Waals surface area contributed by atoms with Gasteiger partial charge in [0.1, 0.15) is 5.75 Å². The van der Waals surface area contributed by atoms with Gasteiger partial charge in [-0.2, -0.15) is 0 Å². The van der Waals surface area contributed by atoms with E-state index in [0.29, 0.717) is 25.4 Å². The summed E-state index contributed by atoms with van der Waals surface area (Å²) in [5.74, 6) is 0.813. The van der Waals surface area contributed by atoms with E-state index in [-0.39, 0.29) is 23.8 Å². The van der Waals surface area contributed by atoms with Crippen LogP contribution in [-0.4, -0.2) is 36.4 Å². The highest BCUT2D eigenvalue weighted by Crippen LogP contribution is 2.37. The molecule has 5 heteroatoms. The number of methoxy groups -OCH3 is 1. The first-order chi connectivity index (χ1) is 11.6. The second-order valence-corrected chi connectivity index (χ2v) is 6.68. The van der Waals surface area contributed by atoms with Gasteiger partial charge in [0.2, 0.25) is 11.8 Å². The quantitative estimate of drug-likeness (QED) is 0.903. The Morgan fingerprint density at radius 1 is 1.25 bits per heavy atom. The summed E-state index contributed by atoms with van der Waals surface area (Å²) in [4.78, 5) is 27.0. The molecule has 1 heterocycles. The molecule has 2 aliphatic rings. The van der Waals surface area contributed by atoms with E-state index < -0.39 is 0 Å². The van der Waals surface area contributed by atoms with Gasteiger partial charge in [-0.15, -0.1) is 0 Å². The third kappa shape index (κ3) is 3.25. The van der Waals surface area contributed by atoms with Gasteiger partial charge in [0, 0.05) is 19.0 Å². The van der Waals surface area contributed by atoms with E-state index in [2.05, 4.69) is 5.32 Å². The van der Waals surface area contributed by atoms with Crippen LogP contribution in [0.1, 0.15) is 50.6 Å². The van der Waals surface area contributed by atoms with Crippen molar-refractivity contribution in [1.82, 2.24) is 10.2 Å². The van der Waals surface area contributed by atoms with Crippen molar-refractivity contribution in [3.05, 3.63) is 29.8 Å². The van der Waals surface area contributed by atoms with Crippen molar-refractivity contribution in [2.45, 2.75) is 51.1 Å². The molecule has 2 amide bonds. The summed E-state index contributed by atoms with van der Waals surface area (Å²) in [7, 11) is 1.63. The molecule has 0 bridgehead atoms. The first-order valence-corrected chi connectivity index (χ1v) is 8.87. The van der Waals surface area contributed by atoms with E-state index in [4.69, 9.17) is 4.74 Å². The lowest BCUT2D eigenvalue weighted by atomic mass is 9.82. The normalized spacial score (nSPS) is 24.4. The van der Waals surface area contributed by atoms with E-state index in [9.17, 15) is 9.59 Å². The van der Waals surface area contributed by atoms with Gasteiger partial charge in [0.15, 0.2) is 0 Å². The van der Waals surface area contributed by atoms with Crippen LogP contribution in [0.4, 0.5) is 0 Å². The molecule has 3 rings (SSSR count). The van der Waals surface area contributed by atoms with Gasteiger partial charge in [-0.1, -0.05) is 12.1 Å². The number of likely N-dealkylation sites (tertiary alicyclic amines) is 1. The van der Waals surface area contributed by atoms with Crippen LogP contribution in [0.3, 0.4) is 0 Å². The molecule has 1 saturated carbocycles. The van der Waals surface area contributed by atoms with Crippen LogP contribution in [0.2, 0.25) is 0 Å². The first kappa shape index (κ1) is 16.8. The zero-order valence-corrected chi connectivity index (χ0v) is 14.5. The fourth-order valence-electron chi connectivity index (χ4n) is 3.67. The van der Waals surface area contributed by atoms with Crippen molar-refractivity contribution in [3.63, 3.8) is 0 Å². The minimum atomic E-state index is -0.192. The Bertz CT molecular complexity index is 595. The molecule has 1 aliphatic carbocycles. The highest BCUT2D eigenvalue weighted by molar-refractivity contribution is 5.85. The minimum Gasteiger partial charge on any atom is -0.497 e. The van der Waals surface area contributed by atoms with Gasteiger partial charge >= 0.3 is 0 Å². The number of benzene rings is 1. The van der Waals surface area contributed by atoms with E-state index in [0.717, 1.165) is 24.2 Å². The van der Waals surface area contributed by atoms with E-state index in [1.807, 2.05) is 36.1 Å². The Morgan fingerprint density at radius 2 is 1.96 bits per heavy atom. The largest absolute Gasteiger partial charge is 0.497 e. The van der Waals surface area contributed by atoms with Crippen molar-refractivity contribution < 1.29 is 14.3 Å². The Labute approximate surface area is 143 Å². The molecule has 0 aromatic heterocycles. The first-order valence-electron chi connectivity index (χ1n) is 8.87. The molecule has 1 N–H and O–H groups in total. The predicted octanol–water partition coefficient (Wildman–Crippen LogP) is 2.66. The number of amides is 2. The van der Waals surface area contributed by atoms with Crippen LogP contribution in [0.15, 0.2) is 24.3 Å². The van der Waals surface area contributed by atoms with Crippen LogP contribution < -0.4 is 10.1 Å². The average Bonchev–Trinajstić information content (AvgIpc) is 2.57. The summed E-state index contributed by atoms with van der Waals surface area (Å²) < 4.78 is 5.22. The Kier molecular flexibility index (Phi) is 5.07. The molecule has 0 unspecified atom stereocenters. The molecule has 2 atom stereocenters. The highest BCUT2D eigenvalue weighted by atomic mass is 16.5. The summed E-state index contributed by atoms with van der Waals surface area (Å²) in [6.07, 6.45) is 4.40. The Hall–Kier alpha value is -2.04. The maximum Gasteiger partial charge on any atom is 0.225 e. The molecule has 5 nitrogen and oxygen atoms in total. The SMILES string of the molecule is CCN1C(=O)CC[C@@H](C(=O)NC2CCC2)[C@@H]1c1ccc(OC)cc1. The van der Waals surface area contributed by atoms with E-state index in [1.165, 1.54) is 6.42 Å². The van der Waals surface area contributed by atoms with Crippen LogP contribution >= 0.6 is 0 Å². The average molecular weight is 330 g/mol. The van der Waals surface area contributed by atoms with Gasteiger partial charge < -0.3 is 15.0 Å². The molecular formula is C19H26N2O3. The molecule has 130 valence electrons. The summed E-state index contributed by atoms with van der Waals surface area (Å²) in [5.41, 5.74) is 0.999. The minimum absolute atomic E-state index is 0.0893. The summed E-state index contributed by atoms with van der Waals surface area (Å²) in [6.45, 7) is 2.59. The topological polar surface area (TPSA) is 58.6 Å². The fraction of sp³-hybridized carbons (Fsp3) is 0.579. The molecular weight excluding hydrogens is 304 g/mol. The highest BCUT2D eigenvalue weighted by Gasteiger charge is 2.40. The number of ether oxygens (including phenoxy) is 1. The van der Waals surface area contributed by atoms with Gasteiger partial charge in [-0.05, 0) is 50.3 Å². The van der Waals surface area contributed by atoms with Crippen LogP contribution in [-0.2, 0) is 9.59 Å². The summed E-state index contributed by atoms with van der Waals surface area (Å²) >= 11 is 0. The summed E-state index contributed by atoms with van der Waals surface area (Å²) in [5, 5.41) is 3.17. The Balaban J connectivity index is 1.86. The van der Waals surface area contributed by atoms with Crippen LogP contribution in [0, 0.1) is 5.92 Å². The van der Waals surface area contributed by atoms with Gasteiger partial charge in [0.05, 0.1) is 19.1 Å². The lowest BCUT2D eigenvalue weighted by Crippen LogP contribution is -2.50. The molecule has 0 spiro atoms. The van der Waals surface area contributed by atoms with Crippen molar-refractivity contribution in [1.29, 1.82) is 0 Å². The number of hydrogen-bond donors (Lipinski definition) is 1. The number of rotatable bonds is 5. The van der Waals surface area contributed by atoms with Crippen molar-refractivity contribution in [3.8, 4) is 5.75 Å². The monoisotopic (exact) mass is 330 g/mol. The van der Waals surface area contributed by atoms with Gasteiger partial charge in [0.25, 0.3) is 0 Å². The lowest BCUT2D eigenvalue weighted by Gasteiger charge is -2.41. The second-order valence-electron chi connectivity index (χ2n) is 6.68. The van der Waals surface area contributed by atoms with Crippen molar-refractivity contribution >= 4 is 11.8 Å². The predicted molar refractivity (Wildman–Crippen MR) is 91.6 cm³/mol. The number of carbonyl (C=O) groups is 2. The standard InChI is InChI=1S/C19H26N2O3/c1-3-21-17(22)12-11-16(19(23)20-14-5-4-6-14)18(21)13-7-9-15(24-2)10-8-13/h7-10,14,16,18H,3-6,11-12H2,1-2H3,(H,20,23)/t16-,18+/m1/s1. The number of piperidine rings is 1. The molecule has 1 aliphatic heterocycles. The third-order valence-corrected chi connectivity index (χ3v) is 5.29. The Morgan fingerprint density at radius 3 is 2.50 bits per heavy atom. The number of hydrogen-bond acceptors (Lipinski definition) is 3. The molecule has 24 heavy (non-hydrogen) atoms. The maximum atomic E-state index is 12.8. The lowest BCUT2D eigenvalue weighted by molar-refractivity contribution is -0.143. The zero-order chi connectivity index (χ0) is 17.1. The molecule has 0 radical (unpaired) electrons. The molecule has 1 aromatic carbocycles. The number of carbonyl (C=O) groups excluding carboxylic acids is 2. The fourth-order valence-corrected chi connectivity index (χ4v) is 3.67. The second kappa shape index (κ2) is 7.24. The van der Waals surface area contributed by atoms with Crippen LogP contribution in [0.5, 0.6) is 5.75 Å². The van der Waals surface area contributed by atoms with Gasteiger partial charge in [-0.25, -0.2) is 0 Å². The van der Waals surface area contributed by atoms with Crippen molar-refractivity contribution in [2.75, 3.05) is 13.7 Å². The smallest absolute Gasteiger partial charge is 0.225 e. The van der Waals surface area contributed by atoms with Crippen molar-refractivity contribution in [2.24, 2.45) is 5.92 Å². The third-order valence-electron chi connectivity index (χ3n) is 5.29. The summed E-state index contributed by atoms with van der Waals surface area (Å²) in [6, 6.07) is 7.85. The maximum absolute atomic E-state index is 12.8. The molecule has 1 aromatic rings. The van der Waals surface area contributed by atoms with E-state index in [1.54, 1.807) is 7.11 Å². The van der Waals surface area contributed by atoms with E-state index >= 15 is 0 Å². The number of nitrogens with one attached hydrogen (secondary N) is 1. The van der Waals surface area contributed by atoms with Crippen LogP contribution in [0.25, 0.3) is 0 Å². The van der Waals surface area contributed by atoms with Gasteiger partial charge in [-0.3, -0.25) is 9.59 Å².